The number of aromatic nitrogens is 1. The summed E-state index contributed by atoms with van der Waals surface area (Å²) in [6.07, 6.45) is 1.46. The van der Waals surface area contributed by atoms with Crippen molar-refractivity contribution >= 4 is 17.5 Å². The summed E-state index contributed by atoms with van der Waals surface area (Å²) in [5, 5.41) is 5.56. The largest absolute Gasteiger partial charge is 0.489 e. The molecule has 1 aromatic heterocycles. The molecule has 0 bridgehead atoms. The Bertz CT molecular complexity index is 1360. The van der Waals surface area contributed by atoms with Crippen LogP contribution in [0.25, 0.3) is 0 Å². The highest BCUT2D eigenvalue weighted by Gasteiger charge is 2.35. The zero-order valence-electron chi connectivity index (χ0n) is 19.5. The van der Waals surface area contributed by atoms with Gasteiger partial charge in [0.1, 0.15) is 35.6 Å². The number of pyridine rings is 1. The predicted molar refractivity (Wildman–Crippen MR) is 131 cm³/mol. The molecule has 0 saturated carbocycles. The summed E-state index contributed by atoms with van der Waals surface area (Å²) in [7, 11) is 1.59. The topological polar surface area (TPSA) is 92.8 Å². The minimum atomic E-state index is -1.53. The molecule has 182 valence electrons. The van der Waals surface area contributed by atoms with E-state index in [0.29, 0.717) is 28.5 Å². The lowest BCUT2D eigenvalue weighted by atomic mass is 10.00. The van der Waals surface area contributed by atoms with Crippen LogP contribution in [-0.4, -0.2) is 55.3 Å². The number of rotatable bonds is 4. The van der Waals surface area contributed by atoms with Crippen molar-refractivity contribution in [2.75, 3.05) is 31.6 Å². The Morgan fingerprint density at radius 3 is 2.75 bits per heavy atom. The number of likely N-dealkylation sites (N-methyl/N-ethyl adjacent to an activating group) is 1. The molecule has 1 saturated heterocycles. The first-order valence-electron chi connectivity index (χ1n) is 11.4. The first-order valence-corrected chi connectivity index (χ1v) is 11.4. The molecule has 1 fully saturated rings. The number of hydrogen-bond acceptors (Lipinski definition) is 6. The number of halogens is 1. The Balaban J connectivity index is 1.29. The predicted octanol–water partition coefficient (Wildman–Crippen LogP) is 2.69. The number of nitrogens with one attached hydrogen (secondary N) is 2. The Kier molecular flexibility index (Phi) is 6.27. The lowest BCUT2D eigenvalue weighted by Gasteiger charge is -2.29. The second-order valence-corrected chi connectivity index (χ2v) is 8.53. The highest BCUT2D eigenvalue weighted by Crippen LogP contribution is 2.32. The standard InChI is InChI=1S/C27H23FN4O4/c1-32-23-13-18(9-11-27(28)16-29-17-27)7-8-24(23)35-15-22(26(32)34)31-25(33)21-14-20(10-12-30-21)36-19-5-3-2-4-6-19/h2-8,10,12-14,22,29H,15-17H2,1H3,(H,31,33). The quantitative estimate of drug-likeness (QED) is 0.551. The van der Waals surface area contributed by atoms with Crippen molar-refractivity contribution in [3.63, 3.8) is 0 Å². The summed E-state index contributed by atoms with van der Waals surface area (Å²) in [5.41, 5.74) is -0.385. The van der Waals surface area contributed by atoms with Gasteiger partial charge in [0.2, 0.25) is 0 Å². The summed E-state index contributed by atoms with van der Waals surface area (Å²) in [5.74, 6) is 6.09. The van der Waals surface area contributed by atoms with Gasteiger partial charge in [-0.25, -0.2) is 4.39 Å². The number of hydrogen-bond donors (Lipinski definition) is 2. The third kappa shape index (κ3) is 4.99. The zero-order valence-corrected chi connectivity index (χ0v) is 19.5. The Hall–Kier alpha value is -4.42. The molecule has 8 nitrogen and oxygen atoms in total. The average Bonchev–Trinajstić information content (AvgIpc) is 2.99. The number of fused-ring (bicyclic) bond motifs is 1. The van der Waals surface area contributed by atoms with Gasteiger partial charge in [0, 0.05) is 38.0 Å². The Labute approximate surface area is 207 Å². The van der Waals surface area contributed by atoms with Crippen LogP contribution < -0.4 is 25.0 Å². The number of para-hydroxylation sites is 1. The zero-order chi connectivity index (χ0) is 25.1. The van der Waals surface area contributed by atoms with Crippen LogP contribution in [0, 0.1) is 11.8 Å². The second-order valence-electron chi connectivity index (χ2n) is 8.53. The van der Waals surface area contributed by atoms with Gasteiger partial charge in [-0.15, -0.1) is 0 Å². The van der Waals surface area contributed by atoms with E-state index in [1.54, 1.807) is 43.4 Å². The number of benzene rings is 2. The average molecular weight is 487 g/mol. The van der Waals surface area contributed by atoms with Gasteiger partial charge in [-0.05, 0) is 36.4 Å². The van der Waals surface area contributed by atoms with Crippen molar-refractivity contribution in [3.05, 3.63) is 78.1 Å². The SMILES string of the molecule is CN1C(=O)C(NC(=O)c2cc(Oc3ccccc3)ccn2)COc2ccc(C#CC3(F)CNC3)cc21. The molecule has 2 N–H and O–H groups in total. The van der Waals surface area contributed by atoms with E-state index < -0.39 is 17.6 Å². The van der Waals surface area contributed by atoms with Gasteiger partial charge >= 0.3 is 0 Å². The van der Waals surface area contributed by atoms with Crippen LogP contribution in [0.5, 0.6) is 17.2 Å². The molecular formula is C27H23FN4O4. The maximum absolute atomic E-state index is 14.2. The van der Waals surface area contributed by atoms with E-state index >= 15 is 0 Å². The number of amides is 2. The molecule has 2 amide bonds. The van der Waals surface area contributed by atoms with Crippen LogP contribution in [-0.2, 0) is 4.79 Å². The van der Waals surface area contributed by atoms with E-state index in [4.69, 9.17) is 9.47 Å². The van der Waals surface area contributed by atoms with Crippen molar-refractivity contribution in [1.82, 2.24) is 15.6 Å². The monoisotopic (exact) mass is 486 g/mol. The number of nitrogens with zero attached hydrogens (tertiary/aromatic N) is 2. The van der Waals surface area contributed by atoms with Gasteiger partial charge in [0.05, 0.1) is 5.69 Å². The van der Waals surface area contributed by atoms with Crippen LogP contribution in [0.3, 0.4) is 0 Å². The fourth-order valence-electron chi connectivity index (χ4n) is 3.75. The summed E-state index contributed by atoms with van der Waals surface area (Å²) in [4.78, 5) is 31.6. The second kappa shape index (κ2) is 9.68. The van der Waals surface area contributed by atoms with E-state index in [1.165, 1.54) is 17.2 Å². The molecule has 0 spiro atoms. The Morgan fingerprint density at radius 2 is 2.00 bits per heavy atom. The smallest absolute Gasteiger partial charge is 0.270 e. The molecule has 2 aromatic carbocycles. The molecule has 1 atom stereocenters. The van der Waals surface area contributed by atoms with E-state index in [2.05, 4.69) is 27.5 Å². The third-order valence-corrected chi connectivity index (χ3v) is 5.84. The molecule has 36 heavy (non-hydrogen) atoms. The van der Waals surface area contributed by atoms with Crippen molar-refractivity contribution in [1.29, 1.82) is 0 Å². The third-order valence-electron chi connectivity index (χ3n) is 5.84. The number of carbonyl (C=O) groups is 2. The van der Waals surface area contributed by atoms with Crippen molar-refractivity contribution in [3.8, 4) is 29.1 Å². The van der Waals surface area contributed by atoms with Crippen LogP contribution >= 0.6 is 0 Å². The van der Waals surface area contributed by atoms with E-state index in [0.717, 1.165) is 0 Å². The lowest BCUT2D eigenvalue weighted by molar-refractivity contribution is -0.120. The van der Waals surface area contributed by atoms with Crippen LogP contribution in [0.15, 0.2) is 66.9 Å². The van der Waals surface area contributed by atoms with Gasteiger partial charge in [0.25, 0.3) is 11.8 Å². The molecular weight excluding hydrogens is 463 g/mol. The molecule has 0 aliphatic carbocycles. The number of carbonyl (C=O) groups excluding carboxylic acids is 2. The van der Waals surface area contributed by atoms with Gasteiger partial charge in [0.15, 0.2) is 5.67 Å². The number of alkyl halides is 1. The van der Waals surface area contributed by atoms with E-state index in [9.17, 15) is 14.0 Å². The molecule has 3 aromatic rings. The summed E-state index contributed by atoms with van der Waals surface area (Å²) >= 11 is 0. The highest BCUT2D eigenvalue weighted by atomic mass is 19.1. The molecule has 0 radical (unpaired) electrons. The lowest BCUT2D eigenvalue weighted by Crippen LogP contribution is -2.55. The normalized spacial score (nSPS) is 17.9. The van der Waals surface area contributed by atoms with Gasteiger partial charge in [-0.3, -0.25) is 14.6 Å². The van der Waals surface area contributed by atoms with E-state index in [1.807, 2.05) is 18.2 Å². The fraction of sp³-hybridized carbons (Fsp3) is 0.222. The van der Waals surface area contributed by atoms with Crippen molar-refractivity contribution < 1.29 is 23.5 Å². The highest BCUT2D eigenvalue weighted by molar-refractivity contribution is 6.03. The van der Waals surface area contributed by atoms with Gasteiger partial charge < -0.3 is 25.0 Å². The molecule has 1 unspecified atom stereocenters. The summed E-state index contributed by atoms with van der Waals surface area (Å²) in [6, 6.07) is 16.4. The molecule has 9 heteroatoms. The first kappa shape index (κ1) is 23.3. The molecule has 3 heterocycles. The maximum Gasteiger partial charge on any atom is 0.270 e. The van der Waals surface area contributed by atoms with Crippen molar-refractivity contribution in [2.45, 2.75) is 11.7 Å². The first-order chi connectivity index (χ1) is 17.4. The minimum Gasteiger partial charge on any atom is -0.489 e. The molecule has 2 aliphatic rings. The molecule has 2 aliphatic heterocycles. The van der Waals surface area contributed by atoms with E-state index in [-0.39, 0.29) is 31.3 Å². The van der Waals surface area contributed by atoms with Crippen molar-refractivity contribution in [2.24, 2.45) is 0 Å². The number of ether oxygens (including phenoxy) is 2. The fourth-order valence-corrected chi connectivity index (χ4v) is 3.75. The maximum atomic E-state index is 14.2. The Morgan fingerprint density at radius 1 is 1.19 bits per heavy atom. The summed E-state index contributed by atoms with van der Waals surface area (Å²) in [6.45, 7) is 0.334. The molecule has 5 rings (SSSR count). The summed E-state index contributed by atoms with van der Waals surface area (Å²) < 4.78 is 25.8. The number of anilines is 1. The van der Waals surface area contributed by atoms with Gasteiger partial charge in [-0.1, -0.05) is 30.0 Å². The van der Waals surface area contributed by atoms with Crippen LogP contribution in [0.2, 0.25) is 0 Å². The van der Waals surface area contributed by atoms with Crippen LogP contribution in [0.4, 0.5) is 10.1 Å². The van der Waals surface area contributed by atoms with Crippen LogP contribution in [0.1, 0.15) is 16.1 Å². The van der Waals surface area contributed by atoms with Gasteiger partial charge in [-0.2, -0.15) is 0 Å². The minimum absolute atomic E-state index is 0.0631.